The molecule has 0 spiro atoms. The van der Waals surface area contributed by atoms with Gasteiger partial charge >= 0.3 is 6.18 Å². The van der Waals surface area contributed by atoms with Crippen LogP contribution in [0.15, 0.2) is 0 Å². The van der Waals surface area contributed by atoms with Crippen molar-refractivity contribution < 1.29 is 13.2 Å². The third-order valence-corrected chi connectivity index (χ3v) is 3.72. The van der Waals surface area contributed by atoms with Gasteiger partial charge in [-0.25, -0.2) is 0 Å². The summed E-state index contributed by atoms with van der Waals surface area (Å²) in [4.78, 5) is 0. The van der Waals surface area contributed by atoms with Gasteiger partial charge in [-0.15, -0.1) is 11.8 Å². The smallest absolute Gasteiger partial charge is 0.329 e. The Hall–Kier alpha value is -0.730. The van der Waals surface area contributed by atoms with E-state index in [-0.39, 0.29) is 18.4 Å². The van der Waals surface area contributed by atoms with Crippen LogP contribution in [0.4, 0.5) is 13.2 Å². The van der Waals surface area contributed by atoms with Gasteiger partial charge in [0.2, 0.25) is 0 Å². The fraction of sp³-hybridized carbons (Fsp3) is 0.846. The number of hydrogen-bond acceptors (Lipinski definition) is 2. The zero-order valence-electron chi connectivity index (χ0n) is 10.7. The summed E-state index contributed by atoms with van der Waals surface area (Å²) < 4.78 is 37.7. The molecule has 3 N–H and O–H groups in total. The van der Waals surface area contributed by atoms with Crippen molar-refractivity contribution >= 4 is 0 Å². The van der Waals surface area contributed by atoms with Gasteiger partial charge in [-0.2, -0.15) is 13.2 Å². The lowest BCUT2D eigenvalue weighted by molar-refractivity contribution is -0.185. The topological polar surface area (TPSA) is 38.0 Å². The van der Waals surface area contributed by atoms with Crippen molar-refractivity contribution in [1.82, 2.24) is 5.32 Å². The van der Waals surface area contributed by atoms with E-state index in [0.717, 1.165) is 0 Å². The molecule has 1 fully saturated rings. The Labute approximate surface area is 106 Å². The van der Waals surface area contributed by atoms with E-state index >= 15 is 0 Å². The summed E-state index contributed by atoms with van der Waals surface area (Å²) in [6, 6.07) is 0. The number of hydrogen-bond donors (Lipinski definition) is 2. The Kier molecular flexibility index (Phi) is 5.48. The molecular weight excluding hydrogens is 241 g/mol. The van der Waals surface area contributed by atoms with E-state index < -0.39 is 12.1 Å². The Bertz CT molecular complexity index is 306. The maximum Gasteiger partial charge on any atom is 0.391 e. The number of nitrogens with one attached hydrogen (secondary N) is 1. The molecule has 2 nitrogen and oxygen atoms in total. The molecule has 0 aliphatic heterocycles. The first-order valence-electron chi connectivity index (χ1n) is 6.35. The van der Waals surface area contributed by atoms with Crippen LogP contribution in [0.5, 0.6) is 0 Å². The molecule has 0 unspecified atom stereocenters. The maximum absolute atomic E-state index is 12.6. The standard InChI is InChI=1S/C13H21F3N2/c1-2-3-4-9-18-12(10-17)7-5-11(6-8-12)13(14,15)16/h11,18H,4-10,17H2,1H3. The van der Waals surface area contributed by atoms with Gasteiger partial charge in [-0.1, -0.05) is 0 Å². The zero-order chi connectivity index (χ0) is 13.6. The highest BCUT2D eigenvalue weighted by atomic mass is 19.4. The number of alkyl halides is 3. The van der Waals surface area contributed by atoms with Gasteiger partial charge in [0.15, 0.2) is 0 Å². The number of nitrogens with two attached hydrogens (primary N) is 1. The molecule has 1 aliphatic carbocycles. The predicted octanol–water partition coefficient (Wildman–Crippen LogP) is 2.44. The lowest BCUT2D eigenvalue weighted by atomic mass is 9.76. The lowest BCUT2D eigenvalue weighted by Crippen LogP contribution is -2.54. The molecule has 0 radical (unpaired) electrons. The molecule has 0 bridgehead atoms. The lowest BCUT2D eigenvalue weighted by Gasteiger charge is -2.40. The number of halogens is 3. The van der Waals surface area contributed by atoms with Crippen molar-refractivity contribution in [2.24, 2.45) is 11.7 Å². The zero-order valence-corrected chi connectivity index (χ0v) is 10.7. The quantitative estimate of drug-likeness (QED) is 0.603. The van der Waals surface area contributed by atoms with Crippen LogP contribution in [0.1, 0.15) is 39.0 Å². The van der Waals surface area contributed by atoms with Crippen LogP contribution in [0.2, 0.25) is 0 Å². The second-order valence-corrected chi connectivity index (χ2v) is 4.90. The molecule has 0 aromatic carbocycles. The molecule has 0 amide bonds. The molecule has 104 valence electrons. The first-order valence-corrected chi connectivity index (χ1v) is 6.35. The van der Waals surface area contributed by atoms with Crippen LogP contribution in [0, 0.1) is 17.8 Å². The van der Waals surface area contributed by atoms with Crippen LogP contribution in [-0.4, -0.2) is 24.8 Å². The van der Waals surface area contributed by atoms with Gasteiger partial charge in [0.1, 0.15) is 0 Å². The van der Waals surface area contributed by atoms with Crippen molar-refractivity contribution in [2.75, 3.05) is 13.1 Å². The second-order valence-electron chi connectivity index (χ2n) is 4.90. The monoisotopic (exact) mass is 262 g/mol. The third kappa shape index (κ3) is 4.18. The summed E-state index contributed by atoms with van der Waals surface area (Å²) in [5, 5.41) is 3.30. The molecule has 1 aliphatic rings. The highest BCUT2D eigenvalue weighted by Gasteiger charge is 2.45. The molecule has 0 aromatic rings. The van der Waals surface area contributed by atoms with Gasteiger partial charge in [0, 0.05) is 25.0 Å². The van der Waals surface area contributed by atoms with Gasteiger partial charge in [-0.3, -0.25) is 0 Å². The van der Waals surface area contributed by atoms with Crippen molar-refractivity contribution in [3.05, 3.63) is 0 Å². The van der Waals surface area contributed by atoms with Crippen molar-refractivity contribution in [1.29, 1.82) is 0 Å². The Morgan fingerprint density at radius 1 is 1.33 bits per heavy atom. The fourth-order valence-electron chi connectivity index (χ4n) is 2.47. The van der Waals surface area contributed by atoms with E-state index in [2.05, 4.69) is 17.2 Å². The molecule has 0 atom stereocenters. The summed E-state index contributed by atoms with van der Waals surface area (Å²) in [5.74, 6) is 4.56. The minimum absolute atomic E-state index is 0.174. The van der Waals surface area contributed by atoms with E-state index in [9.17, 15) is 13.2 Å². The number of rotatable bonds is 4. The Morgan fingerprint density at radius 2 is 1.94 bits per heavy atom. The summed E-state index contributed by atoms with van der Waals surface area (Å²) in [6.45, 7) is 2.85. The highest BCUT2D eigenvalue weighted by Crippen LogP contribution is 2.40. The van der Waals surface area contributed by atoms with Crippen LogP contribution >= 0.6 is 0 Å². The summed E-state index contributed by atoms with van der Waals surface area (Å²) in [6.07, 6.45) is -2.02. The molecule has 0 heterocycles. The Balaban J connectivity index is 2.46. The SMILES string of the molecule is CC#CCCNC1(CN)CCC(C(F)(F)F)CC1. The van der Waals surface area contributed by atoms with Crippen molar-refractivity contribution in [3.8, 4) is 11.8 Å². The molecule has 5 heteroatoms. The van der Waals surface area contributed by atoms with Crippen molar-refractivity contribution in [3.63, 3.8) is 0 Å². The molecule has 1 rings (SSSR count). The van der Waals surface area contributed by atoms with Crippen LogP contribution in [0.25, 0.3) is 0 Å². The van der Waals surface area contributed by atoms with Gasteiger partial charge in [-0.05, 0) is 32.6 Å². The third-order valence-electron chi connectivity index (χ3n) is 3.72. The van der Waals surface area contributed by atoms with Gasteiger partial charge in [0.05, 0.1) is 5.92 Å². The molecular formula is C13H21F3N2. The summed E-state index contributed by atoms with van der Waals surface area (Å²) >= 11 is 0. The van der Waals surface area contributed by atoms with Gasteiger partial charge in [0.25, 0.3) is 0 Å². The first kappa shape index (κ1) is 15.3. The minimum atomic E-state index is -4.06. The van der Waals surface area contributed by atoms with E-state index in [1.54, 1.807) is 6.92 Å². The second kappa shape index (κ2) is 6.44. The normalized spacial score (nSPS) is 28.6. The molecule has 1 saturated carbocycles. The highest BCUT2D eigenvalue weighted by molar-refractivity contribution is 4.98. The van der Waals surface area contributed by atoms with E-state index in [1.165, 1.54) is 0 Å². The molecule has 0 saturated heterocycles. The molecule has 18 heavy (non-hydrogen) atoms. The molecule has 0 aromatic heterocycles. The van der Waals surface area contributed by atoms with Crippen LogP contribution < -0.4 is 11.1 Å². The van der Waals surface area contributed by atoms with Gasteiger partial charge < -0.3 is 11.1 Å². The van der Waals surface area contributed by atoms with Crippen molar-refractivity contribution in [2.45, 2.75) is 50.7 Å². The van der Waals surface area contributed by atoms with Crippen LogP contribution in [-0.2, 0) is 0 Å². The summed E-state index contributed by atoms with van der Waals surface area (Å²) in [7, 11) is 0. The van der Waals surface area contributed by atoms with E-state index in [4.69, 9.17) is 5.73 Å². The predicted molar refractivity (Wildman–Crippen MR) is 65.9 cm³/mol. The average molecular weight is 262 g/mol. The first-order chi connectivity index (χ1) is 8.43. The van der Waals surface area contributed by atoms with E-state index in [1.807, 2.05) is 0 Å². The van der Waals surface area contributed by atoms with E-state index in [0.29, 0.717) is 32.4 Å². The van der Waals surface area contributed by atoms with Crippen LogP contribution in [0.3, 0.4) is 0 Å². The minimum Gasteiger partial charge on any atom is -0.329 e. The fourth-order valence-corrected chi connectivity index (χ4v) is 2.47. The summed E-state index contributed by atoms with van der Waals surface area (Å²) in [5.41, 5.74) is 5.41. The average Bonchev–Trinajstić information content (AvgIpc) is 2.34. The maximum atomic E-state index is 12.6. The largest absolute Gasteiger partial charge is 0.391 e. The Morgan fingerprint density at radius 3 is 2.39 bits per heavy atom.